The lowest BCUT2D eigenvalue weighted by molar-refractivity contribution is 0.399. The van der Waals surface area contributed by atoms with Crippen LogP contribution in [0.25, 0.3) is 12.2 Å². The van der Waals surface area contributed by atoms with Crippen molar-refractivity contribution in [1.29, 1.82) is 0 Å². The Kier molecular flexibility index (Phi) is 5.89. The highest BCUT2D eigenvalue weighted by atomic mass is 35.5. The smallest absolute Gasteiger partial charge is 0.126 e. The Morgan fingerprint density at radius 2 is 2.00 bits per heavy atom. The van der Waals surface area contributed by atoms with Crippen molar-refractivity contribution >= 4 is 23.8 Å². The summed E-state index contributed by atoms with van der Waals surface area (Å²) in [6.07, 6.45) is 5.35. The lowest BCUT2D eigenvalue weighted by atomic mass is 10.0. The second-order valence-corrected chi connectivity index (χ2v) is 5.94. The molecule has 0 aromatic heterocycles. The van der Waals surface area contributed by atoms with Crippen molar-refractivity contribution in [1.82, 2.24) is 0 Å². The number of phenolic OH excluding ortho intramolecular Hbond substituents is 1. The number of methoxy groups -OCH3 is 1. The Morgan fingerprint density at radius 3 is 2.65 bits per heavy atom. The maximum atomic E-state index is 10.3. The molecule has 0 saturated heterocycles. The van der Waals surface area contributed by atoms with E-state index in [1.54, 1.807) is 13.2 Å². The van der Waals surface area contributed by atoms with Crippen molar-refractivity contribution in [3.8, 4) is 11.5 Å². The van der Waals surface area contributed by atoms with E-state index in [9.17, 15) is 5.11 Å². The summed E-state index contributed by atoms with van der Waals surface area (Å²) >= 11 is 6.14. The largest absolute Gasteiger partial charge is 0.508 e. The van der Waals surface area contributed by atoms with Crippen LogP contribution in [0.3, 0.4) is 0 Å². The van der Waals surface area contributed by atoms with E-state index in [1.807, 2.05) is 49.4 Å². The zero-order valence-corrected chi connectivity index (χ0v) is 14.2. The summed E-state index contributed by atoms with van der Waals surface area (Å²) in [5, 5.41) is 11.0. The van der Waals surface area contributed by atoms with Gasteiger partial charge in [-0.05, 0) is 49.1 Å². The fourth-order valence-corrected chi connectivity index (χ4v) is 2.51. The van der Waals surface area contributed by atoms with Crippen molar-refractivity contribution in [2.75, 3.05) is 7.11 Å². The predicted octanol–water partition coefficient (Wildman–Crippen LogP) is 5.73. The molecule has 120 valence electrons. The highest BCUT2D eigenvalue weighted by Crippen LogP contribution is 2.32. The van der Waals surface area contributed by atoms with E-state index in [-0.39, 0.29) is 5.75 Å². The van der Waals surface area contributed by atoms with Crippen LogP contribution in [-0.4, -0.2) is 12.2 Å². The first-order valence-corrected chi connectivity index (χ1v) is 7.86. The third-order valence-electron chi connectivity index (χ3n) is 3.59. The van der Waals surface area contributed by atoms with Crippen LogP contribution in [0, 0.1) is 0 Å². The minimum absolute atomic E-state index is 0.240. The molecule has 0 aliphatic rings. The van der Waals surface area contributed by atoms with Crippen LogP contribution in [0.4, 0.5) is 0 Å². The van der Waals surface area contributed by atoms with E-state index in [0.717, 1.165) is 28.7 Å². The van der Waals surface area contributed by atoms with Gasteiger partial charge in [-0.15, -0.1) is 6.58 Å². The van der Waals surface area contributed by atoms with Crippen molar-refractivity contribution < 1.29 is 9.84 Å². The first kappa shape index (κ1) is 17.2. The minimum atomic E-state index is 0.240. The molecule has 0 heterocycles. The van der Waals surface area contributed by atoms with Gasteiger partial charge in [0.2, 0.25) is 0 Å². The molecular weight excluding hydrogens is 308 g/mol. The molecule has 0 atom stereocenters. The maximum Gasteiger partial charge on any atom is 0.126 e. The van der Waals surface area contributed by atoms with Gasteiger partial charge in [-0.3, -0.25) is 0 Å². The van der Waals surface area contributed by atoms with Gasteiger partial charge in [0.05, 0.1) is 7.11 Å². The Balaban J connectivity index is 2.29. The zero-order valence-electron chi connectivity index (χ0n) is 13.5. The van der Waals surface area contributed by atoms with Crippen molar-refractivity contribution in [2.45, 2.75) is 19.8 Å². The second-order valence-electron chi connectivity index (χ2n) is 5.53. The van der Waals surface area contributed by atoms with Crippen LogP contribution in [0.15, 0.2) is 48.6 Å². The summed E-state index contributed by atoms with van der Waals surface area (Å²) in [7, 11) is 1.61. The molecule has 0 saturated carbocycles. The van der Waals surface area contributed by atoms with E-state index in [4.69, 9.17) is 16.3 Å². The number of allylic oxidation sites excluding steroid dienone is 1. The van der Waals surface area contributed by atoms with E-state index >= 15 is 0 Å². The summed E-state index contributed by atoms with van der Waals surface area (Å²) in [6.45, 7) is 5.87. The Hall–Kier alpha value is -2.19. The molecule has 2 aromatic carbocycles. The van der Waals surface area contributed by atoms with Gasteiger partial charge in [-0.2, -0.15) is 0 Å². The van der Waals surface area contributed by atoms with Crippen LogP contribution in [0.1, 0.15) is 30.0 Å². The van der Waals surface area contributed by atoms with Crippen LogP contribution in [-0.2, 0) is 6.42 Å². The monoisotopic (exact) mass is 328 g/mol. The molecular formula is C20H21ClO2. The fourth-order valence-electron chi connectivity index (χ4n) is 2.32. The number of hydrogen-bond acceptors (Lipinski definition) is 2. The third kappa shape index (κ3) is 4.64. The highest BCUT2D eigenvalue weighted by molar-refractivity contribution is 6.32. The second kappa shape index (κ2) is 7.89. The molecule has 2 nitrogen and oxygen atoms in total. The molecule has 0 spiro atoms. The van der Waals surface area contributed by atoms with Crippen LogP contribution in [0.5, 0.6) is 11.5 Å². The summed E-state index contributed by atoms with van der Waals surface area (Å²) in [5.41, 5.74) is 3.68. The first-order valence-electron chi connectivity index (χ1n) is 7.48. The summed E-state index contributed by atoms with van der Waals surface area (Å²) < 4.78 is 5.43. The van der Waals surface area contributed by atoms with E-state index in [1.165, 1.54) is 0 Å². The molecule has 0 aliphatic heterocycles. The van der Waals surface area contributed by atoms with Gasteiger partial charge >= 0.3 is 0 Å². The third-order valence-corrected chi connectivity index (χ3v) is 3.93. The fraction of sp³-hybridized carbons (Fsp3) is 0.200. The number of halogens is 1. The highest BCUT2D eigenvalue weighted by Gasteiger charge is 2.10. The average molecular weight is 329 g/mol. The van der Waals surface area contributed by atoms with Gasteiger partial charge in [-0.1, -0.05) is 47.5 Å². The predicted molar refractivity (Wildman–Crippen MR) is 98.2 cm³/mol. The molecule has 3 heteroatoms. The molecule has 2 rings (SSSR count). The Labute approximate surface area is 142 Å². The molecule has 0 fully saturated rings. The van der Waals surface area contributed by atoms with Gasteiger partial charge < -0.3 is 9.84 Å². The van der Waals surface area contributed by atoms with E-state index in [0.29, 0.717) is 17.2 Å². The summed E-state index contributed by atoms with van der Waals surface area (Å²) in [5.74, 6) is 0.925. The van der Waals surface area contributed by atoms with Gasteiger partial charge in [0.1, 0.15) is 11.5 Å². The Bertz CT molecular complexity index is 732. The lowest BCUT2D eigenvalue weighted by Gasteiger charge is -2.12. The normalized spacial score (nSPS) is 10.9. The maximum absolute atomic E-state index is 10.3. The van der Waals surface area contributed by atoms with Crippen LogP contribution >= 0.6 is 11.6 Å². The van der Waals surface area contributed by atoms with Crippen molar-refractivity contribution in [3.63, 3.8) is 0 Å². The number of aromatic hydroxyl groups is 1. The Morgan fingerprint density at radius 1 is 1.26 bits per heavy atom. The van der Waals surface area contributed by atoms with Gasteiger partial charge in [0, 0.05) is 10.6 Å². The molecule has 1 N–H and O–H groups in total. The average Bonchev–Trinajstić information content (AvgIpc) is 2.52. The van der Waals surface area contributed by atoms with E-state index in [2.05, 4.69) is 6.58 Å². The number of ether oxygens (including phenoxy) is 1. The van der Waals surface area contributed by atoms with Crippen LogP contribution < -0.4 is 4.74 Å². The van der Waals surface area contributed by atoms with E-state index < -0.39 is 0 Å². The minimum Gasteiger partial charge on any atom is -0.508 e. The molecule has 0 amide bonds. The summed E-state index contributed by atoms with van der Waals surface area (Å²) in [6, 6.07) is 11.3. The van der Waals surface area contributed by atoms with Crippen molar-refractivity contribution in [3.05, 3.63) is 70.3 Å². The molecule has 23 heavy (non-hydrogen) atoms. The van der Waals surface area contributed by atoms with Crippen molar-refractivity contribution in [2.24, 2.45) is 0 Å². The topological polar surface area (TPSA) is 29.5 Å². The first-order chi connectivity index (χ1) is 11.0. The molecule has 0 unspecified atom stereocenters. The van der Waals surface area contributed by atoms with Gasteiger partial charge in [0.25, 0.3) is 0 Å². The molecule has 0 radical (unpaired) electrons. The number of benzene rings is 2. The standard InChI is InChI=1S/C20H21ClO2/c1-14(2)8-11-17-19(22)12-15(13-20(17)23-3)9-10-16-6-4-5-7-18(16)21/h4-7,9-10,12-13,22H,1,8,11H2,2-3H3. The quantitative estimate of drug-likeness (QED) is 0.541. The van der Waals surface area contributed by atoms with Gasteiger partial charge in [-0.25, -0.2) is 0 Å². The summed E-state index contributed by atoms with van der Waals surface area (Å²) in [4.78, 5) is 0. The SMILES string of the molecule is C=C(C)CCc1c(O)cc(C=Cc2ccccc2Cl)cc1OC. The number of phenols is 1. The zero-order chi connectivity index (χ0) is 16.8. The number of hydrogen-bond donors (Lipinski definition) is 1. The van der Waals surface area contributed by atoms with Crippen LogP contribution in [0.2, 0.25) is 5.02 Å². The molecule has 2 aromatic rings. The number of rotatable bonds is 6. The van der Waals surface area contributed by atoms with Gasteiger partial charge in [0.15, 0.2) is 0 Å². The lowest BCUT2D eigenvalue weighted by Crippen LogP contribution is -1.95. The molecule has 0 aliphatic carbocycles. The molecule has 0 bridgehead atoms.